The quantitative estimate of drug-likeness (QED) is 0.851. The second kappa shape index (κ2) is 6.36. The lowest BCUT2D eigenvalue weighted by Gasteiger charge is -1.98. The van der Waals surface area contributed by atoms with Crippen molar-refractivity contribution < 1.29 is 4.39 Å². The number of benzene rings is 1. The second-order valence-corrected chi connectivity index (χ2v) is 5.72. The summed E-state index contributed by atoms with van der Waals surface area (Å²) in [5, 5.41) is 13.1. The van der Waals surface area contributed by atoms with Crippen LogP contribution in [-0.2, 0) is 6.54 Å². The number of hydrogen-bond acceptors (Lipinski definition) is 4. The molecule has 3 nitrogen and oxygen atoms in total. The van der Waals surface area contributed by atoms with Gasteiger partial charge < -0.3 is 5.32 Å². The number of nitrogens with zero attached hydrogens (tertiary/aromatic N) is 2. The molecule has 1 aromatic carbocycles. The minimum absolute atomic E-state index is 0.284. The monoisotopic (exact) mass is 329 g/mol. The highest BCUT2D eigenvalue weighted by Crippen LogP contribution is 2.26. The molecule has 1 N–H and O–H groups in total. The first-order valence-electron chi connectivity index (χ1n) is 5.69. The smallest absolute Gasteiger partial charge is 0.147 e. The molecule has 2 aromatic rings. The molecule has 0 bridgehead atoms. The van der Waals surface area contributed by atoms with Gasteiger partial charge in [0.1, 0.15) is 15.8 Å². The summed E-state index contributed by atoms with van der Waals surface area (Å²) in [5.74, 6) is -0.284. The van der Waals surface area contributed by atoms with Crippen molar-refractivity contribution >= 4 is 27.3 Å². The van der Waals surface area contributed by atoms with Gasteiger partial charge in [-0.15, -0.1) is 10.2 Å². The third-order valence-electron chi connectivity index (χ3n) is 2.34. The van der Waals surface area contributed by atoms with Crippen LogP contribution in [0.25, 0.3) is 10.6 Å². The fraction of sp³-hybridized carbons (Fsp3) is 0.333. The Kier molecular flexibility index (Phi) is 4.79. The van der Waals surface area contributed by atoms with Gasteiger partial charge in [-0.25, -0.2) is 4.39 Å². The molecule has 0 aliphatic carbocycles. The zero-order valence-electron chi connectivity index (χ0n) is 9.91. The molecule has 0 atom stereocenters. The summed E-state index contributed by atoms with van der Waals surface area (Å²) in [6.07, 6.45) is 1.09. The van der Waals surface area contributed by atoms with E-state index in [-0.39, 0.29) is 5.82 Å². The number of hydrogen-bond donors (Lipinski definition) is 1. The third-order valence-corrected chi connectivity index (χ3v) is 3.95. The maximum Gasteiger partial charge on any atom is 0.147 e. The van der Waals surface area contributed by atoms with Gasteiger partial charge in [-0.2, -0.15) is 0 Å². The molecule has 1 aromatic heterocycles. The molecule has 2 rings (SSSR count). The van der Waals surface area contributed by atoms with Gasteiger partial charge in [0.05, 0.1) is 4.47 Å². The standard InChI is InChI=1S/C12H13BrFN3S/c1-2-5-15-7-11-16-17-12(18-11)8-3-4-9(13)10(14)6-8/h3-4,6,15H,2,5,7H2,1H3. The summed E-state index contributed by atoms with van der Waals surface area (Å²) in [4.78, 5) is 0. The van der Waals surface area contributed by atoms with Crippen molar-refractivity contribution in [2.75, 3.05) is 6.54 Å². The molecule has 6 heteroatoms. The van der Waals surface area contributed by atoms with E-state index in [2.05, 4.69) is 38.4 Å². The SMILES string of the molecule is CCCNCc1nnc(-c2ccc(Br)c(F)c2)s1. The van der Waals surface area contributed by atoms with Crippen LogP contribution >= 0.6 is 27.3 Å². The van der Waals surface area contributed by atoms with Crippen molar-refractivity contribution in [1.82, 2.24) is 15.5 Å². The van der Waals surface area contributed by atoms with Gasteiger partial charge in [0.2, 0.25) is 0 Å². The van der Waals surface area contributed by atoms with Gasteiger partial charge in [-0.05, 0) is 41.0 Å². The molecule has 0 unspecified atom stereocenters. The number of rotatable bonds is 5. The van der Waals surface area contributed by atoms with Gasteiger partial charge in [0, 0.05) is 12.1 Å². The van der Waals surface area contributed by atoms with Crippen LogP contribution in [0.15, 0.2) is 22.7 Å². The Morgan fingerprint density at radius 1 is 1.39 bits per heavy atom. The van der Waals surface area contributed by atoms with E-state index in [0.29, 0.717) is 11.0 Å². The predicted octanol–water partition coefficient (Wildman–Crippen LogP) is 3.61. The zero-order valence-corrected chi connectivity index (χ0v) is 12.3. The Morgan fingerprint density at radius 2 is 2.22 bits per heavy atom. The first-order valence-corrected chi connectivity index (χ1v) is 7.30. The molecule has 0 fully saturated rings. The fourth-order valence-electron chi connectivity index (χ4n) is 1.44. The molecule has 0 aliphatic rings. The summed E-state index contributed by atoms with van der Waals surface area (Å²) in [5.41, 5.74) is 0.759. The Hall–Kier alpha value is -0.850. The molecular weight excluding hydrogens is 317 g/mol. The van der Waals surface area contributed by atoms with Crippen molar-refractivity contribution in [3.05, 3.63) is 33.5 Å². The molecule has 96 valence electrons. The van der Waals surface area contributed by atoms with E-state index in [4.69, 9.17) is 0 Å². The van der Waals surface area contributed by atoms with Gasteiger partial charge >= 0.3 is 0 Å². The zero-order chi connectivity index (χ0) is 13.0. The van der Waals surface area contributed by atoms with Crippen LogP contribution < -0.4 is 5.32 Å². The normalized spacial score (nSPS) is 10.8. The molecule has 18 heavy (non-hydrogen) atoms. The lowest BCUT2D eigenvalue weighted by molar-refractivity contribution is 0.621. The maximum atomic E-state index is 13.4. The van der Waals surface area contributed by atoms with Crippen molar-refractivity contribution in [3.8, 4) is 10.6 Å². The van der Waals surface area contributed by atoms with Gasteiger partial charge in [0.25, 0.3) is 0 Å². The Balaban J connectivity index is 2.11. The highest BCUT2D eigenvalue weighted by atomic mass is 79.9. The minimum atomic E-state index is -0.284. The Bertz CT molecular complexity index is 530. The third kappa shape index (κ3) is 3.34. The summed E-state index contributed by atoms with van der Waals surface area (Å²) in [6, 6.07) is 4.98. The van der Waals surface area contributed by atoms with Gasteiger partial charge in [0.15, 0.2) is 0 Å². The number of halogens is 2. The van der Waals surface area contributed by atoms with Crippen LogP contribution in [0.1, 0.15) is 18.4 Å². The van der Waals surface area contributed by atoms with Crippen LogP contribution in [0.3, 0.4) is 0 Å². The van der Waals surface area contributed by atoms with E-state index in [9.17, 15) is 4.39 Å². The average Bonchev–Trinajstić information content (AvgIpc) is 2.82. The summed E-state index contributed by atoms with van der Waals surface area (Å²) >= 11 is 4.62. The Morgan fingerprint density at radius 3 is 2.94 bits per heavy atom. The van der Waals surface area contributed by atoms with Crippen LogP contribution in [0.4, 0.5) is 4.39 Å². The highest BCUT2D eigenvalue weighted by Gasteiger charge is 2.08. The largest absolute Gasteiger partial charge is 0.310 e. The van der Waals surface area contributed by atoms with E-state index < -0.39 is 0 Å². The molecule has 0 radical (unpaired) electrons. The minimum Gasteiger partial charge on any atom is -0.310 e. The first-order chi connectivity index (χ1) is 8.70. The molecule has 0 saturated carbocycles. The molecular formula is C12H13BrFN3S. The van der Waals surface area contributed by atoms with E-state index in [0.717, 1.165) is 28.5 Å². The second-order valence-electron chi connectivity index (χ2n) is 3.81. The summed E-state index contributed by atoms with van der Waals surface area (Å²) in [7, 11) is 0. The molecule has 0 saturated heterocycles. The molecule has 1 heterocycles. The fourth-order valence-corrected chi connectivity index (χ4v) is 2.50. The van der Waals surface area contributed by atoms with E-state index in [1.807, 2.05) is 6.07 Å². The van der Waals surface area contributed by atoms with E-state index >= 15 is 0 Å². The van der Waals surface area contributed by atoms with E-state index in [1.54, 1.807) is 6.07 Å². The van der Waals surface area contributed by atoms with Crippen LogP contribution in [0.2, 0.25) is 0 Å². The summed E-state index contributed by atoms with van der Waals surface area (Å²) < 4.78 is 13.9. The lowest BCUT2D eigenvalue weighted by Crippen LogP contribution is -2.13. The Labute approximate surface area is 118 Å². The predicted molar refractivity (Wildman–Crippen MR) is 75.0 cm³/mol. The maximum absolute atomic E-state index is 13.4. The lowest BCUT2D eigenvalue weighted by atomic mass is 10.2. The van der Waals surface area contributed by atoms with E-state index in [1.165, 1.54) is 17.4 Å². The first kappa shape index (κ1) is 13.6. The van der Waals surface area contributed by atoms with Crippen LogP contribution in [-0.4, -0.2) is 16.7 Å². The highest BCUT2D eigenvalue weighted by molar-refractivity contribution is 9.10. The average molecular weight is 330 g/mol. The molecule has 0 aliphatic heterocycles. The van der Waals surface area contributed by atoms with Crippen molar-refractivity contribution in [2.24, 2.45) is 0 Å². The molecule has 0 spiro atoms. The van der Waals surface area contributed by atoms with Gasteiger partial charge in [-0.1, -0.05) is 24.3 Å². The number of nitrogens with one attached hydrogen (secondary N) is 1. The van der Waals surface area contributed by atoms with Crippen molar-refractivity contribution in [2.45, 2.75) is 19.9 Å². The van der Waals surface area contributed by atoms with Gasteiger partial charge in [-0.3, -0.25) is 0 Å². The summed E-state index contributed by atoms with van der Waals surface area (Å²) in [6.45, 7) is 3.79. The van der Waals surface area contributed by atoms with Crippen LogP contribution in [0.5, 0.6) is 0 Å². The van der Waals surface area contributed by atoms with Crippen molar-refractivity contribution in [1.29, 1.82) is 0 Å². The van der Waals surface area contributed by atoms with Crippen molar-refractivity contribution in [3.63, 3.8) is 0 Å². The number of aromatic nitrogens is 2. The molecule has 0 amide bonds. The van der Waals surface area contributed by atoms with Crippen LogP contribution in [0, 0.1) is 5.82 Å². The topological polar surface area (TPSA) is 37.8 Å².